The van der Waals surface area contributed by atoms with Crippen LogP contribution in [0.4, 0.5) is 0 Å². The fourth-order valence-electron chi connectivity index (χ4n) is 3.71. The number of aromatic nitrogens is 2. The highest BCUT2D eigenvalue weighted by atomic mass is 15.1. The van der Waals surface area contributed by atoms with Crippen LogP contribution in [0.15, 0.2) is 6.20 Å². The maximum absolute atomic E-state index is 4.07. The predicted octanol–water partition coefficient (Wildman–Crippen LogP) is 3.46. The van der Waals surface area contributed by atoms with E-state index in [2.05, 4.69) is 43.2 Å². The maximum Gasteiger partial charge on any atom is 0.0522 e. The summed E-state index contributed by atoms with van der Waals surface area (Å²) in [5.41, 5.74) is 3.09. The van der Waals surface area contributed by atoms with Gasteiger partial charge in [0.1, 0.15) is 0 Å². The van der Waals surface area contributed by atoms with E-state index in [0.717, 1.165) is 18.9 Å². The zero-order valence-corrected chi connectivity index (χ0v) is 12.9. The lowest BCUT2D eigenvalue weighted by atomic mass is 9.70. The van der Waals surface area contributed by atoms with Crippen LogP contribution in [-0.2, 0) is 6.42 Å². The van der Waals surface area contributed by atoms with Crippen LogP contribution < -0.4 is 5.32 Å². The van der Waals surface area contributed by atoms with Gasteiger partial charge in [0.15, 0.2) is 0 Å². The summed E-state index contributed by atoms with van der Waals surface area (Å²) in [6.07, 6.45) is 8.32. The average molecular weight is 263 g/mol. The lowest BCUT2D eigenvalue weighted by Gasteiger charge is -2.39. The number of nitrogens with one attached hydrogen (secondary N) is 2. The summed E-state index contributed by atoms with van der Waals surface area (Å²) in [5, 5.41) is 10.8. The van der Waals surface area contributed by atoms with Crippen molar-refractivity contribution >= 4 is 0 Å². The van der Waals surface area contributed by atoms with Crippen molar-refractivity contribution in [2.24, 2.45) is 11.3 Å². The van der Waals surface area contributed by atoms with E-state index in [4.69, 9.17) is 0 Å². The number of aromatic amines is 1. The Labute approximate surface area is 117 Å². The minimum atomic E-state index is 0.510. The summed E-state index contributed by atoms with van der Waals surface area (Å²) in [7, 11) is 0. The molecule has 1 aromatic rings. The third-order valence-electron chi connectivity index (χ3n) is 4.38. The molecule has 1 aromatic heterocycles. The van der Waals surface area contributed by atoms with Crippen molar-refractivity contribution in [3.63, 3.8) is 0 Å². The molecule has 108 valence electrons. The Hall–Kier alpha value is -0.830. The van der Waals surface area contributed by atoms with E-state index in [1.165, 1.54) is 36.9 Å². The first-order chi connectivity index (χ1) is 8.96. The van der Waals surface area contributed by atoms with Gasteiger partial charge in [0.25, 0.3) is 0 Å². The van der Waals surface area contributed by atoms with Crippen LogP contribution in [-0.4, -0.2) is 22.8 Å². The lowest BCUT2D eigenvalue weighted by Crippen LogP contribution is -2.40. The van der Waals surface area contributed by atoms with Gasteiger partial charge in [-0.1, -0.05) is 20.8 Å². The standard InChI is InChI=1S/C16H29N3/c1-12-8-15(10-16(3,4)9-12)17-7-5-6-14-11-18-19-13(14)2/h11-12,15,17H,5-10H2,1-4H3,(H,18,19). The molecule has 3 heteroatoms. The molecule has 1 fully saturated rings. The van der Waals surface area contributed by atoms with Crippen molar-refractivity contribution in [3.05, 3.63) is 17.5 Å². The minimum Gasteiger partial charge on any atom is -0.314 e. The molecule has 1 heterocycles. The summed E-state index contributed by atoms with van der Waals surface area (Å²) in [6, 6.07) is 0.712. The molecule has 1 saturated carbocycles. The number of hydrogen-bond donors (Lipinski definition) is 2. The Bertz CT molecular complexity index is 394. The van der Waals surface area contributed by atoms with E-state index in [1.54, 1.807) is 0 Å². The van der Waals surface area contributed by atoms with E-state index < -0.39 is 0 Å². The van der Waals surface area contributed by atoms with E-state index in [1.807, 2.05) is 6.20 Å². The quantitative estimate of drug-likeness (QED) is 0.799. The number of H-pyrrole nitrogens is 1. The SMILES string of the molecule is Cc1[nH]ncc1CCCNC1CC(C)CC(C)(C)C1. The van der Waals surface area contributed by atoms with Gasteiger partial charge in [0.05, 0.1) is 6.20 Å². The second-order valence-corrected chi connectivity index (χ2v) is 7.19. The smallest absolute Gasteiger partial charge is 0.0522 e. The monoisotopic (exact) mass is 263 g/mol. The Morgan fingerprint density at radius 1 is 1.42 bits per heavy atom. The molecule has 3 nitrogen and oxygen atoms in total. The van der Waals surface area contributed by atoms with E-state index in [9.17, 15) is 0 Å². The van der Waals surface area contributed by atoms with E-state index in [0.29, 0.717) is 11.5 Å². The molecule has 0 radical (unpaired) electrons. The van der Waals surface area contributed by atoms with Crippen molar-refractivity contribution in [3.8, 4) is 0 Å². The van der Waals surface area contributed by atoms with Crippen molar-refractivity contribution in [1.82, 2.24) is 15.5 Å². The zero-order chi connectivity index (χ0) is 13.9. The third-order valence-corrected chi connectivity index (χ3v) is 4.38. The van der Waals surface area contributed by atoms with Crippen molar-refractivity contribution in [1.29, 1.82) is 0 Å². The molecule has 0 spiro atoms. The number of nitrogens with zero attached hydrogens (tertiary/aromatic N) is 1. The first-order valence-electron chi connectivity index (χ1n) is 7.68. The number of aryl methyl sites for hydroxylation is 2. The van der Waals surface area contributed by atoms with Crippen LogP contribution in [0, 0.1) is 18.3 Å². The van der Waals surface area contributed by atoms with Crippen molar-refractivity contribution in [2.75, 3.05) is 6.54 Å². The molecule has 0 aromatic carbocycles. The second-order valence-electron chi connectivity index (χ2n) is 7.19. The van der Waals surface area contributed by atoms with Crippen LogP contribution in [0.5, 0.6) is 0 Å². The zero-order valence-electron chi connectivity index (χ0n) is 12.9. The minimum absolute atomic E-state index is 0.510. The molecule has 2 rings (SSSR count). The number of rotatable bonds is 5. The van der Waals surface area contributed by atoms with Gasteiger partial charge in [-0.15, -0.1) is 0 Å². The first-order valence-corrected chi connectivity index (χ1v) is 7.68. The second kappa shape index (κ2) is 6.08. The maximum atomic E-state index is 4.07. The molecule has 0 amide bonds. The van der Waals surface area contributed by atoms with Gasteiger partial charge in [-0.25, -0.2) is 0 Å². The number of hydrogen-bond acceptors (Lipinski definition) is 2. The molecule has 0 saturated heterocycles. The van der Waals surface area contributed by atoms with E-state index in [-0.39, 0.29) is 0 Å². The Kier molecular flexibility index (Phi) is 4.67. The molecular formula is C16H29N3. The summed E-state index contributed by atoms with van der Waals surface area (Å²) in [6.45, 7) is 10.4. The lowest BCUT2D eigenvalue weighted by molar-refractivity contribution is 0.151. The first kappa shape index (κ1) is 14.6. The van der Waals surface area contributed by atoms with Crippen molar-refractivity contribution < 1.29 is 0 Å². The van der Waals surface area contributed by atoms with Crippen molar-refractivity contribution in [2.45, 2.75) is 65.8 Å². The molecule has 19 heavy (non-hydrogen) atoms. The fourth-order valence-corrected chi connectivity index (χ4v) is 3.71. The fraction of sp³-hybridized carbons (Fsp3) is 0.812. The van der Waals surface area contributed by atoms with Gasteiger partial charge >= 0.3 is 0 Å². The molecule has 0 aliphatic heterocycles. The van der Waals surface area contributed by atoms with E-state index >= 15 is 0 Å². The average Bonchev–Trinajstić information content (AvgIpc) is 2.68. The summed E-state index contributed by atoms with van der Waals surface area (Å²) in [5.74, 6) is 0.859. The molecule has 1 aliphatic carbocycles. The van der Waals surface area contributed by atoms with Gasteiger partial charge < -0.3 is 5.32 Å². The highest BCUT2D eigenvalue weighted by Crippen LogP contribution is 2.38. The molecule has 2 atom stereocenters. The normalized spacial score (nSPS) is 26.5. The van der Waals surface area contributed by atoms with Gasteiger partial charge in [-0.2, -0.15) is 5.10 Å². The van der Waals surface area contributed by atoms with Gasteiger partial charge in [-0.05, 0) is 62.5 Å². The highest BCUT2D eigenvalue weighted by molar-refractivity contribution is 5.14. The van der Waals surface area contributed by atoms with Gasteiger partial charge in [-0.3, -0.25) is 5.10 Å². The third kappa shape index (κ3) is 4.34. The topological polar surface area (TPSA) is 40.7 Å². The summed E-state index contributed by atoms with van der Waals surface area (Å²) < 4.78 is 0. The Morgan fingerprint density at radius 3 is 2.84 bits per heavy atom. The molecule has 0 bridgehead atoms. The molecular weight excluding hydrogens is 234 g/mol. The van der Waals surface area contributed by atoms with Crippen LogP contribution >= 0.6 is 0 Å². The molecule has 2 N–H and O–H groups in total. The van der Waals surface area contributed by atoms with Crippen LogP contribution in [0.3, 0.4) is 0 Å². The van der Waals surface area contributed by atoms with Gasteiger partial charge in [0.2, 0.25) is 0 Å². The van der Waals surface area contributed by atoms with Crippen LogP contribution in [0.2, 0.25) is 0 Å². The highest BCUT2D eigenvalue weighted by Gasteiger charge is 2.31. The summed E-state index contributed by atoms with van der Waals surface area (Å²) >= 11 is 0. The van der Waals surface area contributed by atoms with Crippen LogP contribution in [0.25, 0.3) is 0 Å². The Morgan fingerprint density at radius 2 is 2.21 bits per heavy atom. The summed E-state index contributed by atoms with van der Waals surface area (Å²) in [4.78, 5) is 0. The van der Waals surface area contributed by atoms with Gasteiger partial charge in [0, 0.05) is 11.7 Å². The Balaban J connectivity index is 1.69. The predicted molar refractivity (Wildman–Crippen MR) is 80.2 cm³/mol. The van der Waals surface area contributed by atoms with Crippen LogP contribution in [0.1, 0.15) is 57.7 Å². The largest absolute Gasteiger partial charge is 0.314 e. The molecule has 2 unspecified atom stereocenters. The molecule has 1 aliphatic rings.